The first-order chi connectivity index (χ1) is 10.6. The van der Waals surface area contributed by atoms with Crippen molar-refractivity contribution in [3.05, 3.63) is 55.7 Å². The van der Waals surface area contributed by atoms with Gasteiger partial charge in [0.25, 0.3) is 0 Å². The maximum absolute atomic E-state index is 6.26. The Morgan fingerprint density at radius 1 is 1.14 bits per heavy atom. The number of para-hydroxylation sites is 1. The van der Waals surface area contributed by atoms with Crippen molar-refractivity contribution in [3.8, 4) is 0 Å². The fourth-order valence-corrected chi connectivity index (χ4v) is 4.80. The van der Waals surface area contributed by atoms with E-state index >= 15 is 0 Å². The first kappa shape index (κ1) is 14.7. The molecule has 0 aliphatic heterocycles. The predicted molar refractivity (Wildman–Crippen MR) is 97.8 cm³/mol. The Labute approximate surface area is 151 Å². The van der Waals surface area contributed by atoms with Crippen molar-refractivity contribution in [1.29, 1.82) is 0 Å². The highest BCUT2D eigenvalue weighted by Gasteiger charge is 2.10. The molecule has 4 aromatic rings. The topological polar surface area (TPSA) is 29.7 Å². The van der Waals surface area contributed by atoms with E-state index in [-0.39, 0.29) is 0 Å². The molecule has 0 spiro atoms. The van der Waals surface area contributed by atoms with E-state index in [4.69, 9.17) is 23.2 Å². The largest absolute Gasteiger partial charge is 0.258 e. The van der Waals surface area contributed by atoms with Gasteiger partial charge < -0.3 is 0 Å². The zero-order chi connectivity index (χ0) is 15.3. The molecule has 0 aliphatic rings. The summed E-state index contributed by atoms with van der Waals surface area (Å²) >= 11 is 18.7. The molecule has 0 bridgehead atoms. The van der Waals surface area contributed by atoms with Crippen molar-refractivity contribution in [3.63, 3.8) is 0 Å². The number of rotatable bonds is 1. The molecule has 8 heteroatoms. The number of benzene rings is 2. The van der Waals surface area contributed by atoms with Crippen LogP contribution in [0.4, 0.5) is 5.69 Å². The molecule has 110 valence electrons. The van der Waals surface area contributed by atoms with Crippen LogP contribution in [-0.2, 0) is 0 Å². The summed E-state index contributed by atoms with van der Waals surface area (Å²) < 4.78 is 8.43. The third-order valence-corrected chi connectivity index (χ3v) is 6.44. The molecule has 2 aromatic carbocycles. The molecule has 3 nitrogen and oxygen atoms in total. The van der Waals surface area contributed by atoms with Gasteiger partial charge in [0.05, 0.1) is 25.9 Å². The smallest absolute Gasteiger partial charge is 0.215 e. The number of fused-ring (bicyclic) bond motifs is 3. The maximum atomic E-state index is 6.26. The summed E-state index contributed by atoms with van der Waals surface area (Å²) in [6.07, 6.45) is 0. The Bertz CT molecular complexity index is 1080. The Kier molecular flexibility index (Phi) is 3.74. The zero-order valence-electron chi connectivity index (χ0n) is 10.8. The molecule has 0 saturated heterocycles. The molecule has 22 heavy (non-hydrogen) atoms. The molecule has 2 aromatic heterocycles. The molecule has 2 heterocycles. The first-order valence-corrected chi connectivity index (χ1v) is 9.32. The standard InChI is InChI=1S/C14H6BrCl2N3S2/c15-7-5-9(17)10(6-8(7)16)18-13-20-11-3-1-2-4-12(11)21-14(20)19-22-13/h1-6H. The van der Waals surface area contributed by atoms with Gasteiger partial charge in [0, 0.05) is 16.0 Å². The van der Waals surface area contributed by atoms with Crippen LogP contribution < -0.4 is 4.80 Å². The highest BCUT2D eigenvalue weighted by molar-refractivity contribution is 9.10. The second kappa shape index (κ2) is 5.62. The summed E-state index contributed by atoms with van der Waals surface area (Å²) in [6.45, 7) is 0. The fraction of sp³-hybridized carbons (Fsp3) is 0. The van der Waals surface area contributed by atoms with Crippen molar-refractivity contribution >= 4 is 82.9 Å². The van der Waals surface area contributed by atoms with Crippen LogP contribution >= 0.6 is 62.0 Å². The minimum Gasteiger partial charge on any atom is -0.258 e. The van der Waals surface area contributed by atoms with Crippen LogP contribution in [-0.4, -0.2) is 8.77 Å². The summed E-state index contributed by atoms with van der Waals surface area (Å²) in [5.74, 6) is 0. The number of aromatic nitrogens is 2. The second-order valence-electron chi connectivity index (χ2n) is 4.48. The van der Waals surface area contributed by atoms with Crippen LogP contribution in [0.1, 0.15) is 0 Å². The van der Waals surface area contributed by atoms with Crippen LogP contribution in [0.25, 0.3) is 15.2 Å². The Morgan fingerprint density at radius 3 is 2.82 bits per heavy atom. The van der Waals surface area contributed by atoms with Crippen molar-refractivity contribution < 1.29 is 0 Å². The van der Waals surface area contributed by atoms with E-state index in [0.29, 0.717) is 15.7 Å². The molecule has 0 unspecified atom stereocenters. The number of thiazole rings is 1. The van der Waals surface area contributed by atoms with E-state index in [1.165, 1.54) is 16.2 Å². The van der Waals surface area contributed by atoms with E-state index in [1.807, 2.05) is 16.5 Å². The van der Waals surface area contributed by atoms with Gasteiger partial charge in [0.15, 0.2) is 0 Å². The highest BCUT2D eigenvalue weighted by Crippen LogP contribution is 2.34. The van der Waals surface area contributed by atoms with Crippen molar-refractivity contribution in [2.45, 2.75) is 0 Å². The molecule has 0 radical (unpaired) electrons. The van der Waals surface area contributed by atoms with Crippen LogP contribution in [0, 0.1) is 0 Å². The van der Waals surface area contributed by atoms with Crippen molar-refractivity contribution in [2.24, 2.45) is 4.99 Å². The first-order valence-electron chi connectivity index (χ1n) is 6.19. The molecule has 0 aliphatic carbocycles. The minimum absolute atomic E-state index is 0.540. The third-order valence-electron chi connectivity index (χ3n) is 3.10. The molecular weight excluding hydrogens is 425 g/mol. The minimum atomic E-state index is 0.540. The maximum Gasteiger partial charge on any atom is 0.215 e. The molecule has 0 atom stereocenters. The number of halogens is 3. The average Bonchev–Trinajstić information content (AvgIpc) is 3.04. The van der Waals surface area contributed by atoms with E-state index in [0.717, 1.165) is 19.8 Å². The second-order valence-corrected chi connectivity index (χ2v) is 7.89. The summed E-state index contributed by atoms with van der Waals surface area (Å²) in [7, 11) is 0. The van der Waals surface area contributed by atoms with Gasteiger partial charge in [0.2, 0.25) is 9.76 Å². The van der Waals surface area contributed by atoms with Gasteiger partial charge in [-0.2, -0.15) is 4.37 Å². The Balaban J connectivity index is 2.03. The van der Waals surface area contributed by atoms with Crippen molar-refractivity contribution in [2.75, 3.05) is 0 Å². The summed E-state index contributed by atoms with van der Waals surface area (Å²) in [6, 6.07) is 11.7. The van der Waals surface area contributed by atoms with Gasteiger partial charge >= 0.3 is 0 Å². The van der Waals surface area contributed by atoms with Gasteiger partial charge in [-0.05, 0) is 40.2 Å². The lowest BCUT2D eigenvalue weighted by Crippen LogP contribution is -2.04. The molecule has 0 N–H and O–H groups in total. The zero-order valence-corrected chi connectivity index (χ0v) is 15.5. The Hall–Kier alpha value is -0.920. The molecule has 0 saturated carbocycles. The van der Waals surface area contributed by atoms with Gasteiger partial charge in [-0.15, -0.1) is 0 Å². The Morgan fingerprint density at radius 2 is 1.95 bits per heavy atom. The average molecular weight is 431 g/mol. The summed E-state index contributed by atoms with van der Waals surface area (Å²) in [5.41, 5.74) is 1.72. The van der Waals surface area contributed by atoms with Gasteiger partial charge in [-0.3, -0.25) is 4.40 Å². The van der Waals surface area contributed by atoms with Gasteiger partial charge in [-0.25, -0.2) is 4.99 Å². The quantitative estimate of drug-likeness (QED) is 0.345. The lowest BCUT2D eigenvalue weighted by Gasteiger charge is -2.00. The highest BCUT2D eigenvalue weighted by atomic mass is 79.9. The monoisotopic (exact) mass is 429 g/mol. The van der Waals surface area contributed by atoms with E-state index in [9.17, 15) is 0 Å². The summed E-state index contributed by atoms with van der Waals surface area (Å²) in [4.78, 5) is 6.33. The molecule has 0 fully saturated rings. The lowest BCUT2D eigenvalue weighted by atomic mass is 10.3. The molecule has 4 rings (SSSR count). The summed E-state index contributed by atoms with van der Waals surface area (Å²) in [5, 5.41) is 1.11. The van der Waals surface area contributed by atoms with Crippen LogP contribution in [0.2, 0.25) is 10.0 Å². The molecule has 0 amide bonds. The van der Waals surface area contributed by atoms with Crippen LogP contribution in [0.5, 0.6) is 0 Å². The van der Waals surface area contributed by atoms with E-state index in [2.05, 4.69) is 37.4 Å². The molecular formula is C14H6BrCl2N3S2. The lowest BCUT2D eigenvalue weighted by molar-refractivity contribution is 1.16. The van der Waals surface area contributed by atoms with Crippen LogP contribution in [0.3, 0.4) is 0 Å². The normalized spacial score (nSPS) is 12.6. The SMILES string of the molecule is Clc1cc(N=c2snc3sc4ccccc4n23)c(Cl)cc1Br. The fourth-order valence-electron chi connectivity index (χ4n) is 2.11. The van der Waals surface area contributed by atoms with E-state index in [1.54, 1.807) is 23.5 Å². The van der Waals surface area contributed by atoms with Gasteiger partial charge in [0.1, 0.15) is 0 Å². The third kappa shape index (κ3) is 2.39. The number of hydrogen-bond donors (Lipinski definition) is 0. The van der Waals surface area contributed by atoms with Crippen LogP contribution in [0.15, 0.2) is 45.9 Å². The van der Waals surface area contributed by atoms with E-state index < -0.39 is 0 Å². The predicted octanol–water partition coefficient (Wildman–Crippen LogP) is 5.91. The number of nitrogens with zero attached hydrogens (tertiary/aromatic N) is 3. The van der Waals surface area contributed by atoms with Gasteiger partial charge in [-0.1, -0.05) is 46.7 Å². The number of hydrogen-bond acceptors (Lipinski definition) is 4. The van der Waals surface area contributed by atoms with Crippen molar-refractivity contribution in [1.82, 2.24) is 8.77 Å².